The van der Waals surface area contributed by atoms with Gasteiger partial charge in [0.05, 0.1) is 6.54 Å². The number of ether oxygens (including phenoxy) is 1. The Labute approximate surface area is 212 Å². The fraction of sp³-hybridized carbons (Fsp3) is 0.462. The zero-order chi connectivity index (χ0) is 23.9. The molecule has 34 heavy (non-hydrogen) atoms. The topological polar surface area (TPSA) is 69.4 Å². The molecule has 1 saturated carbocycles. The van der Waals surface area contributed by atoms with E-state index in [0.717, 1.165) is 47.7 Å². The molecule has 0 bridgehead atoms. The predicted octanol–water partition coefficient (Wildman–Crippen LogP) is 6.20. The molecular formula is C26H30FIN4O2. The lowest BCUT2D eigenvalue weighted by atomic mass is 9.96. The number of rotatable bonds is 9. The number of hydrogen-bond donors (Lipinski definition) is 0. The summed E-state index contributed by atoms with van der Waals surface area (Å²) in [6.07, 6.45) is 9.83. The predicted molar refractivity (Wildman–Crippen MR) is 143 cm³/mol. The van der Waals surface area contributed by atoms with Crippen LogP contribution in [0, 0.1) is 0 Å². The molecule has 0 aliphatic heterocycles. The molecule has 1 aliphatic carbocycles. The average Bonchev–Trinajstić information content (AvgIpc) is 2.81. The number of halogens is 2. The fourth-order valence-electron chi connectivity index (χ4n) is 4.29. The molecule has 0 radical (unpaired) electrons. The van der Waals surface area contributed by atoms with Crippen molar-refractivity contribution in [2.24, 2.45) is 4.99 Å². The highest BCUT2D eigenvalue weighted by molar-refractivity contribution is 14.1. The van der Waals surface area contributed by atoms with Crippen LogP contribution < -0.4 is 10.3 Å². The van der Waals surface area contributed by atoms with Gasteiger partial charge >= 0.3 is 0 Å². The van der Waals surface area contributed by atoms with Gasteiger partial charge in [-0.15, -0.1) is 0 Å². The molecule has 180 valence electrons. The van der Waals surface area contributed by atoms with Crippen molar-refractivity contribution >= 4 is 45.3 Å². The molecule has 6 nitrogen and oxygen atoms in total. The Morgan fingerprint density at radius 1 is 1.24 bits per heavy atom. The summed E-state index contributed by atoms with van der Waals surface area (Å²) in [5, 5.41) is 6.15. The maximum absolute atomic E-state index is 14.2. The van der Waals surface area contributed by atoms with Gasteiger partial charge in [0.1, 0.15) is 36.2 Å². The zero-order valence-corrected chi connectivity index (χ0v) is 21.5. The highest BCUT2D eigenvalue weighted by Crippen LogP contribution is 2.39. The normalized spacial score (nSPS) is 20.7. The maximum Gasteiger partial charge on any atom is 0.291 e. The van der Waals surface area contributed by atoms with Crippen LogP contribution in [0.25, 0.3) is 10.8 Å². The molecule has 0 N–H and O–H groups in total. The summed E-state index contributed by atoms with van der Waals surface area (Å²) >= 11 is 2.32. The van der Waals surface area contributed by atoms with E-state index in [1.165, 1.54) is 18.9 Å². The Morgan fingerprint density at radius 2 is 2.09 bits per heavy atom. The molecule has 1 aliphatic rings. The minimum atomic E-state index is -0.827. The number of fused-ring (bicyclic) bond motifs is 1. The summed E-state index contributed by atoms with van der Waals surface area (Å²) in [7, 11) is 0. The summed E-state index contributed by atoms with van der Waals surface area (Å²) in [6, 6.07) is 10.2. The number of benzene rings is 2. The quantitative estimate of drug-likeness (QED) is 0.132. The van der Waals surface area contributed by atoms with Crippen LogP contribution >= 0.6 is 22.6 Å². The van der Waals surface area contributed by atoms with Crippen LogP contribution in [-0.4, -0.2) is 37.2 Å². The number of aliphatic imine (C=N–C) groups is 1. The molecule has 1 aromatic heterocycles. The smallest absolute Gasteiger partial charge is 0.291 e. The lowest BCUT2D eigenvalue weighted by Gasteiger charge is -2.29. The Bertz CT molecular complexity index is 1170. The first-order valence-corrected chi connectivity index (χ1v) is 13.2. The SMILES string of the molecule is CCCCC/C=N/c1c(OC2CC(F)CC(I)C2)ccc2ccc(Cn3cnc(=O)cn3)cc12. The highest BCUT2D eigenvalue weighted by Gasteiger charge is 2.29. The van der Waals surface area contributed by atoms with Gasteiger partial charge in [0, 0.05) is 21.9 Å². The minimum Gasteiger partial charge on any atom is -0.488 e. The first kappa shape index (κ1) is 24.8. The first-order chi connectivity index (χ1) is 16.5. The van der Waals surface area contributed by atoms with E-state index in [4.69, 9.17) is 9.73 Å². The van der Waals surface area contributed by atoms with Crippen molar-refractivity contribution in [1.29, 1.82) is 0 Å². The monoisotopic (exact) mass is 576 g/mol. The van der Waals surface area contributed by atoms with Gasteiger partial charge in [-0.25, -0.2) is 9.07 Å². The third kappa shape index (κ3) is 6.61. The Hall–Kier alpha value is -2.36. The van der Waals surface area contributed by atoms with Gasteiger partial charge in [-0.2, -0.15) is 10.1 Å². The molecule has 1 fully saturated rings. The van der Waals surface area contributed by atoms with Gasteiger partial charge in [0.25, 0.3) is 5.56 Å². The van der Waals surface area contributed by atoms with E-state index in [1.54, 1.807) is 4.68 Å². The van der Waals surface area contributed by atoms with Crippen molar-refractivity contribution in [2.45, 2.75) is 74.6 Å². The molecule has 4 rings (SSSR count). The number of alkyl halides is 2. The second kappa shape index (κ2) is 11.9. The number of unbranched alkanes of at least 4 members (excludes halogenated alkanes) is 3. The van der Waals surface area contributed by atoms with Crippen molar-refractivity contribution < 1.29 is 9.13 Å². The van der Waals surface area contributed by atoms with Gasteiger partial charge in [-0.1, -0.05) is 60.6 Å². The standard InChI is InChI=1S/C26H30FIN4O2/c1-2-3-4-5-10-29-26-23-11-18(16-32-17-30-25(33)15-31-32)6-7-19(23)8-9-24(26)34-22-13-20(27)12-21(28)14-22/h6-11,15,17,20-22H,2-5,12-14,16H2,1H3/b29-10+. The molecule has 3 atom stereocenters. The van der Waals surface area contributed by atoms with Crippen LogP contribution in [0.1, 0.15) is 57.4 Å². The fourth-order valence-corrected chi connectivity index (χ4v) is 5.41. The van der Waals surface area contributed by atoms with Crippen molar-refractivity contribution in [3.05, 3.63) is 58.8 Å². The van der Waals surface area contributed by atoms with Crippen LogP contribution in [0.5, 0.6) is 5.75 Å². The van der Waals surface area contributed by atoms with E-state index in [0.29, 0.717) is 25.1 Å². The minimum absolute atomic E-state index is 0.156. The van der Waals surface area contributed by atoms with Crippen molar-refractivity contribution in [3.8, 4) is 5.75 Å². The van der Waals surface area contributed by atoms with E-state index in [2.05, 4.69) is 51.7 Å². The van der Waals surface area contributed by atoms with Crippen LogP contribution in [0.2, 0.25) is 0 Å². The third-order valence-electron chi connectivity index (χ3n) is 6.00. The Morgan fingerprint density at radius 3 is 2.85 bits per heavy atom. The van der Waals surface area contributed by atoms with E-state index in [9.17, 15) is 9.18 Å². The lowest BCUT2D eigenvalue weighted by Crippen LogP contribution is -2.31. The molecule has 3 unspecified atom stereocenters. The van der Waals surface area contributed by atoms with Crippen molar-refractivity contribution in [1.82, 2.24) is 14.8 Å². The van der Waals surface area contributed by atoms with E-state index in [-0.39, 0.29) is 15.6 Å². The second-order valence-electron chi connectivity index (χ2n) is 8.84. The van der Waals surface area contributed by atoms with E-state index >= 15 is 0 Å². The maximum atomic E-state index is 14.2. The average molecular weight is 576 g/mol. The van der Waals surface area contributed by atoms with Gasteiger partial charge in [0.15, 0.2) is 0 Å². The summed E-state index contributed by atoms with van der Waals surface area (Å²) in [5.74, 6) is 0.697. The number of aromatic nitrogens is 3. The second-order valence-corrected chi connectivity index (χ2v) is 10.6. The molecule has 2 aromatic carbocycles. The Kier molecular flexibility index (Phi) is 8.64. The number of nitrogens with zero attached hydrogens (tertiary/aromatic N) is 4. The van der Waals surface area contributed by atoms with E-state index in [1.807, 2.05) is 24.4 Å². The molecule has 3 aromatic rings. The summed E-state index contributed by atoms with van der Waals surface area (Å²) in [4.78, 5) is 19.9. The highest BCUT2D eigenvalue weighted by atomic mass is 127. The van der Waals surface area contributed by atoms with Gasteiger partial charge in [-0.05, 0) is 48.8 Å². The third-order valence-corrected chi connectivity index (χ3v) is 7.02. The van der Waals surface area contributed by atoms with Crippen LogP contribution in [-0.2, 0) is 6.54 Å². The molecule has 1 heterocycles. The molecule has 8 heteroatoms. The van der Waals surface area contributed by atoms with Crippen molar-refractivity contribution in [2.75, 3.05) is 0 Å². The van der Waals surface area contributed by atoms with Gasteiger partial charge in [-0.3, -0.25) is 9.79 Å². The van der Waals surface area contributed by atoms with Gasteiger partial charge < -0.3 is 4.74 Å². The summed E-state index contributed by atoms with van der Waals surface area (Å²) < 4.78 is 22.5. The Balaban J connectivity index is 1.66. The summed E-state index contributed by atoms with van der Waals surface area (Å²) in [5.41, 5.74) is 1.44. The van der Waals surface area contributed by atoms with Crippen LogP contribution in [0.3, 0.4) is 0 Å². The van der Waals surface area contributed by atoms with Crippen molar-refractivity contribution in [3.63, 3.8) is 0 Å². The van der Waals surface area contributed by atoms with Crippen LogP contribution in [0.15, 0.2) is 52.6 Å². The largest absolute Gasteiger partial charge is 0.488 e. The van der Waals surface area contributed by atoms with Gasteiger partial charge in [0.2, 0.25) is 0 Å². The molecule has 0 saturated heterocycles. The molecule has 0 spiro atoms. The van der Waals surface area contributed by atoms with Crippen LogP contribution in [0.4, 0.5) is 10.1 Å². The number of hydrogen-bond acceptors (Lipinski definition) is 5. The zero-order valence-electron chi connectivity index (χ0n) is 19.4. The molecule has 0 amide bonds. The molecular weight excluding hydrogens is 546 g/mol. The lowest BCUT2D eigenvalue weighted by molar-refractivity contribution is 0.109. The summed E-state index contributed by atoms with van der Waals surface area (Å²) in [6.45, 7) is 2.67. The van der Waals surface area contributed by atoms with E-state index < -0.39 is 6.17 Å². The first-order valence-electron chi connectivity index (χ1n) is 11.9.